The van der Waals surface area contributed by atoms with Crippen LogP contribution in [0.2, 0.25) is 5.02 Å². The number of benzene rings is 2. The normalized spacial score (nSPS) is 14.9. The summed E-state index contributed by atoms with van der Waals surface area (Å²) in [6.07, 6.45) is 1.63. The molecule has 10 heteroatoms. The maximum absolute atomic E-state index is 12.8. The van der Waals surface area contributed by atoms with Crippen LogP contribution in [0.25, 0.3) is 11.8 Å². The van der Waals surface area contributed by atoms with E-state index in [-0.39, 0.29) is 4.32 Å². The van der Waals surface area contributed by atoms with Gasteiger partial charge < -0.3 is 9.84 Å². The van der Waals surface area contributed by atoms with Gasteiger partial charge in [-0.1, -0.05) is 53.8 Å². The Hall–Kier alpha value is -3.14. The van der Waals surface area contributed by atoms with Crippen molar-refractivity contribution in [2.75, 3.05) is 6.54 Å². The van der Waals surface area contributed by atoms with Gasteiger partial charge in [0.25, 0.3) is 5.91 Å². The lowest BCUT2D eigenvalue weighted by molar-refractivity contribution is -0.140. The highest BCUT2D eigenvalue weighted by molar-refractivity contribution is 8.26. The molecule has 1 saturated heterocycles. The van der Waals surface area contributed by atoms with Crippen molar-refractivity contribution in [3.05, 3.63) is 75.8 Å². The fourth-order valence-electron chi connectivity index (χ4n) is 3.04. The molecule has 1 aromatic heterocycles. The number of aliphatic carboxylic acids is 1. The van der Waals surface area contributed by atoms with E-state index in [0.29, 0.717) is 32.8 Å². The Morgan fingerprint density at radius 3 is 2.56 bits per heavy atom. The van der Waals surface area contributed by atoms with Crippen LogP contribution in [0.3, 0.4) is 0 Å². The fourth-order valence-corrected chi connectivity index (χ4v) is 4.41. The molecular formula is C22H16ClN3O4S2. The first-order valence-corrected chi connectivity index (χ1v) is 11.0. The highest BCUT2D eigenvalue weighted by atomic mass is 35.5. The van der Waals surface area contributed by atoms with E-state index in [1.54, 1.807) is 41.9 Å². The molecule has 2 heterocycles. The Balaban J connectivity index is 1.80. The van der Waals surface area contributed by atoms with Crippen LogP contribution in [-0.2, 0) is 9.59 Å². The summed E-state index contributed by atoms with van der Waals surface area (Å²) in [6.45, 7) is 1.32. The summed E-state index contributed by atoms with van der Waals surface area (Å²) in [7, 11) is 0. The summed E-state index contributed by atoms with van der Waals surface area (Å²) in [5, 5.41) is 14.2. The Kier molecular flexibility index (Phi) is 6.31. The molecule has 1 aliphatic heterocycles. The molecule has 0 aliphatic carbocycles. The first kappa shape index (κ1) is 22.1. The number of carboxylic acid groups (broad SMARTS) is 1. The third-order valence-corrected chi connectivity index (χ3v) is 6.16. The van der Waals surface area contributed by atoms with Crippen LogP contribution in [0.5, 0.6) is 11.6 Å². The van der Waals surface area contributed by atoms with Crippen molar-refractivity contribution in [2.45, 2.75) is 6.92 Å². The predicted molar refractivity (Wildman–Crippen MR) is 127 cm³/mol. The molecule has 4 rings (SSSR count). The van der Waals surface area contributed by atoms with E-state index < -0.39 is 18.4 Å². The second-order valence-electron chi connectivity index (χ2n) is 6.77. The van der Waals surface area contributed by atoms with E-state index in [0.717, 1.165) is 22.3 Å². The Bertz CT molecular complexity index is 1240. The molecule has 1 aliphatic rings. The number of aryl methyl sites for hydroxylation is 1. The first-order valence-electron chi connectivity index (χ1n) is 9.39. The molecule has 0 unspecified atom stereocenters. The number of thiocarbonyl (C=S) groups is 1. The van der Waals surface area contributed by atoms with Gasteiger partial charge in [0.15, 0.2) is 0 Å². The number of carbonyl (C=O) groups excluding carboxylic acids is 1. The van der Waals surface area contributed by atoms with Crippen LogP contribution in [0.15, 0.2) is 59.5 Å². The molecule has 0 bridgehead atoms. The zero-order chi connectivity index (χ0) is 22.8. The van der Waals surface area contributed by atoms with Gasteiger partial charge in [-0.05, 0) is 49.4 Å². The van der Waals surface area contributed by atoms with Gasteiger partial charge in [-0.25, -0.2) is 0 Å². The number of para-hydroxylation sites is 1. The van der Waals surface area contributed by atoms with Crippen LogP contribution in [-0.4, -0.2) is 42.5 Å². The van der Waals surface area contributed by atoms with Crippen molar-refractivity contribution in [2.24, 2.45) is 0 Å². The summed E-state index contributed by atoms with van der Waals surface area (Å²) in [5.74, 6) is -0.659. The average Bonchev–Trinajstić information content (AvgIpc) is 3.21. The van der Waals surface area contributed by atoms with Gasteiger partial charge in [0.05, 0.1) is 21.8 Å². The number of rotatable bonds is 6. The maximum atomic E-state index is 12.8. The van der Waals surface area contributed by atoms with Gasteiger partial charge >= 0.3 is 5.97 Å². The molecule has 1 N–H and O–H groups in total. The number of carbonyl (C=O) groups is 2. The molecule has 1 fully saturated rings. The molecule has 3 aromatic rings. The summed E-state index contributed by atoms with van der Waals surface area (Å²) in [4.78, 5) is 25.2. The van der Waals surface area contributed by atoms with Crippen molar-refractivity contribution in [1.29, 1.82) is 0 Å². The largest absolute Gasteiger partial charge is 0.480 e. The SMILES string of the molecule is Cc1nn(-c2ccccc2)c(Oc2ccc(Cl)cc2)c1/C=C1\SC(=S)N(CC(=O)O)C1=O. The molecule has 7 nitrogen and oxygen atoms in total. The van der Waals surface area contributed by atoms with Crippen LogP contribution in [0.1, 0.15) is 11.3 Å². The number of carboxylic acids is 1. The van der Waals surface area contributed by atoms with Crippen LogP contribution in [0.4, 0.5) is 0 Å². The average molecular weight is 486 g/mol. The third-order valence-electron chi connectivity index (χ3n) is 4.53. The Morgan fingerprint density at radius 2 is 1.91 bits per heavy atom. The fraction of sp³-hybridized carbons (Fsp3) is 0.0909. The van der Waals surface area contributed by atoms with E-state index in [9.17, 15) is 9.59 Å². The van der Waals surface area contributed by atoms with Crippen LogP contribution < -0.4 is 4.74 Å². The molecule has 1 amide bonds. The highest BCUT2D eigenvalue weighted by Crippen LogP contribution is 2.37. The second kappa shape index (κ2) is 9.15. The van der Waals surface area contributed by atoms with Crippen molar-refractivity contribution < 1.29 is 19.4 Å². The van der Waals surface area contributed by atoms with Crippen LogP contribution >= 0.6 is 35.6 Å². The van der Waals surface area contributed by atoms with E-state index in [4.69, 9.17) is 33.7 Å². The quantitative estimate of drug-likeness (QED) is 0.392. The molecule has 2 aromatic carbocycles. The monoisotopic (exact) mass is 485 g/mol. The summed E-state index contributed by atoms with van der Waals surface area (Å²) < 4.78 is 8.01. The number of halogens is 1. The summed E-state index contributed by atoms with van der Waals surface area (Å²) in [5.41, 5.74) is 1.98. The molecule has 32 heavy (non-hydrogen) atoms. The van der Waals surface area contributed by atoms with Crippen LogP contribution in [0, 0.1) is 6.92 Å². The Labute approximate surface area is 198 Å². The first-order chi connectivity index (χ1) is 15.3. The summed E-state index contributed by atoms with van der Waals surface area (Å²) >= 11 is 12.2. The molecular weight excluding hydrogens is 470 g/mol. The molecule has 0 radical (unpaired) electrons. The van der Waals surface area contributed by atoms with E-state index in [2.05, 4.69) is 5.10 Å². The Morgan fingerprint density at radius 1 is 1.22 bits per heavy atom. The molecule has 162 valence electrons. The van der Waals surface area contributed by atoms with Crippen molar-refractivity contribution in [3.8, 4) is 17.3 Å². The van der Waals surface area contributed by atoms with Gasteiger partial charge in [-0.3, -0.25) is 14.5 Å². The van der Waals surface area contributed by atoms with E-state index in [1.807, 2.05) is 30.3 Å². The molecule has 0 saturated carbocycles. The smallest absolute Gasteiger partial charge is 0.323 e. The van der Waals surface area contributed by atoms with Gasteiger partial charge in [-0.15, -0.1) is 0 Å². The number of aromatic nitrogens is 2. The highest BCUT2D eigenvalue weighted by Gasteiger charge is 2.34. The van der Waals surface area contributed by atoms with Crippen molar-refractivity contribution >= 4 is 57.9 Å². The minimum Gasteiger partial charge on any atom is -0.480 e. The van der Waals surface area contributed by atoms with Gasteiger partial charge in [-0.2, -0.15) is 9.78 Å². The van der Waals surface area contributed by atoms with Gasteiger partial charge in [0, 0.05) is 5.02 Å². The summed E-state index contributed by atoms with van der Waals surface area (Å²) in [6, 6.07) is 16.3. The zero-order valence-corrected chi connectivity index (χ0v) is 19.1. The minimum atomic E-state index is -1.14. The lowest BCUT2D eigenvalue weighted by Gasteiger charge is -2.11. The zero-order valence-electron chi connectivity index (χ0n) is 16.7. The van der Waals surface area contributed by atoms with Crippen molar-refractivity contribution in [3.63, 3.8) is 0 Å². The number of hydrogen-bond donors (Lipinski definition) is 1. The third kappa shape index (κ3) is 4.55. The van der Waals surface area contributed by atoms with Gasteiger partial charge in [0.2, 0.25) is 5.88 Å². The van der Waals surface area contributed by atoms with Crippen molar-refractivity contribution in [1.82, 2.24) is 14.7 Å². The standard InChI is InChI=1S/C22H16ClN3O4S2/c1-13-17(11-18-20(29)25(12-19(27)28)22(31)32-18)21(30-16-9-7-14(23)8-10-16)26(24-13)15-5-3-2-4-6-15/h2-11H,12H2,1H3,(H,27,28)/b18-11-. The number of nitrogens with zero attached hydrogens (tertiary/aromatic N) is 3. The topological polar surface area (TPSA) is 84.7 Å². The van der Waals surface area contributed by atoms with Gasteiger partial charge in [0.1, 0.15) is 16.6 Å². The lowest BCUT2D eigenvalue weighted by atomic mass is 10.2. The second-order valence-corrected chi connectivity index (χ2v) is 8.88. The number of ether oxygens (including phenoxy) is 1. The number of amides is 1. The number of hydrogen-bond acceptors (Lipinski definition) is 6. The number of thioether (sulfide) groups is 1. The maximum Gasteiger partial charge on any atom is 0.323 e. The minimum absolute atomic E-state index is 0.192. The molecule has 0 spiro atoms. The van der Waals surface area contributed by atoms with E-state index >= 15 is 0 Å². The van der Waals surface area contributed by atoms with E-state index in [1.165, 1.54) is 0 Å². The lowest BCUT2D eigenvalue weighted by Crippen LogP contribution is -2.33. The predicted octanol–water partition coefficient (Wildman–Crippen LogP) is 4.91. The molecule has 0 atom stereocenters.